The first-order valence-electron chi connectivity index (χ1n) is 4.66. The second kappa shape index (κ2) is 5.25. The number of allylic oxidation sites excluding steroid dienone is 1. The van der Waals surface area contributed by atoms with Gasteiger partial charge in [0.25, 0.3) is 0 Å². The molecule has 0 aliphatic rings. The maximum absolute atomic E-state index is 12.4. The lowest BCUT2D eigenvalue weighted by Crippen LogP contribution is -2.06. The largest absolute Gasteiger partial charge is 0.416 e. The molecule has 16 heavy (non-hydrogen) atoms. The predicted molar refractivity (Wildman–Crippen MR) is 59.8 cm³/mol. The molecule has 0 saturated heterocycles. The van der Waals surface area contributed by atoms with E-state index in [1.165, 1.54) is 6.07 Å². The number of hydrogen-bond acceptors (Lipinski definition) is 1. The Balaban J connectivity index is 2.90. The van der Waals surface area contributed by atoms with E-state index >= 15 is 0 Å². The van der Waals surface area contributed by atoms with Crippen LogP contribution >= 0.6 is 11.6 Å². The quantitative estimate of drug-likeness (QED) is 0.786. The lowest BCUT2D eigenvalue weighted by molar-refractivity contribution is -0.137. The Bertz CT molecular complexity index is 385. The first-order valence-corrected chi connectivity index (χ1v) is 5.04. The molecule has 1 N–H and O–H groups in total. The lowest BCUT2D eigenvalue weighted by atomic mass is 10.2. The van der Waals surface area contributed by atoms with E-state index in [0.717, 1.165) is 12.1 Å². The summed E-state index contributed by atoms with van der Waals surface area (Å²) in [5.74, 6) is 0. The number of anilines is 1. The van der Waals surface area contributed by atoms with Crippen LogP contribution in [0.15, 0.2) is 30.4 Å². The van der Waals surface area contributed by atoms with Gasteiger partial charge in [0.05, 0.1) is 5.56 Å². The van der Waals surface area contributed by atoms with Crippen molar-refractivity contribution in [3.8, 4) is 0 Å². The highest BCUT2D eigenvalue weighted by molar-refractivity contribution is 6.30. The van der Waals surface area contributed by atoms with Crippen molar-refractivity contribution in [2.75, 3.05) is 11.9 Å². The van der Waals surface area contributed by atoms with E-state index in [2.05, 4.69) is 5.32 Å². The standard InChI is InChI=1S/C11H11ClF3N/c1-2-3-4-16-10-6-8(11(13,14)15)5-9(12)7-10/h2-3,5-7,16H,4H2,1H3/b3-2+. The van der Waals surface area contributed by atoms with E-state index in [4.69, 9.17) is 11.6 Å². The van der Waals surface area contributed by atoms with Gasteiger partial charge in [-0.15, -0.1) is 0 Å². The average molecular weight is 250 g/mol. The zero-order chi connectivity index (χ0) is 12.2. The molecule has 0 bridgehead atoms. The van der Waals surface area contributed by atoms with Gasteiger partial charge in [0, 0.05) is 17.3 Å². The van der Waals surface area contributed by atoms with E-state index in [0.29, 0.717) is 12.2 Å². The SMILES string of the molecule is C/C=C/CNc1cc(Cl)cc(C(F)(F)F)c1. The van der Waals surface area contributed by atoms with Crippen molar-refractivity contribution in [2.45, 2.75) is 13.1 Å². The maximum Gasteiger partial charge on any atom is 0.416 e. The third-order valence-corrected chi connectivity index (χ3v) is 2.10. The molecular formula is C11H11ClF3N. The number of alkyl halides is 3. The van der Waals surface area contributed by atoms with Gasteiger partial charge >= 0.3 is 6.18 Å². The topological polar surface area (TPSA) is 12.0 Å². The fourth-order valence-electron chi connectivity index (χ4n) is 1.15. The van der Waals surface area contributed by atoms with Crippen molar-refractivity contribution in [3.63, 3.8) is 0 Å². The summed E-state index contributed by atoms with van der Waals surface area (Å²) in [6, 6.07) is 3.40. The van der Waals surface area contributed by atoms with Gasteiger partial charge in [0.1, 0.15) is 0 Å². The molecule has 0 aromatic heterocycles. The van der Waals surface area contributed by atoms with Gasteiger partial charge < -0.3 is 5.32 Å². The van der Waals surface area contributed by atoms with E-state index < -0.39 is 11.7 Å². The number of rotatable bonds is 3. The van der Waals surface area contributed by atoms with Crippen molar-refractivity contribution >= 4 is 17.3 Å². The molecule has 0 amide bonds. The van der Waals surface area contributed by atoms with Crippen molar-refractivity contribution in [3.05, 3.63) is 40.9 Å². The number of benzene rings is 1. The first kappa shape index (κ1) is 12.9. The molecule has 1 aromatic carbocycles. The van der Waals surface area contributed by atoms with Gasteiger partial charge in [-0.05, 0) is 25.1 Å². The summed E-state index contributed by atoms with van der Waals surface area (Å²) in [6.07, 6.45) is -0.766. The summed E-state index contributed by atoms with van der Waals surface area (Å²) in [5.41, 5.74) is -0.388. The van der Waals surface area contributed by atoms with Gasteiger partial charge in [0.2, 0.25) is 0 Å². The summed E-state index contributed by atoms with van der Waals surface area (Å²) in [4.78, 5) is 0. The molecule has 0 fully saturated rings. The Morgan fingerprint density at radius 2 is 2.00 bits per heavy atom. The first-order chi connectivity index (χ1) is 7.43. The minimum absolute atomic E-state index is 0.0674. The van der Waals surface area contributed by atoms with Crippen molar-refractivity contribution in [2.24, 2.45) is 0 Å². The normalized spacial score (nSPS) is 12.1. The molecule has 0 radical (unpaired) electrons. The van der Waals surface area contributed by atoms with E-state index in [1.54, 1.807) is 6.08 Å². The summed E-state index contributed by atoms with van der Waals surface area (Å²) >= 11 is 5.61. The van der Waals surface area contributed by atoms with Crippen LogP contribution in [-0.4, -0.2) is 6.54 Å². The highest BCUT2D eigenvalue weighted by Crippen LogP contribution is 2.33. The molecule has 0 heterocycles. The summed E-state index contributed by atoms with van der Waals surface area (Å²) < 4.78 is 37.3. The third-order valence-electron chi connectivity index (χ3n) is 1.88. The molecule has 88 valence electrons. The molecule has 0 aliphatic carbocycles. The number of nitrogens with one attached hydrogen (secondary N) is 1. The Kier molecular flexibility index (Phi) is 4.24. The Morgan fingerprint density at radius 1 is 1.31 bits per heavy atom. The van der Waals surface area contributed by atoms with Gasteiger partial charge in [-0.25, -0.2) is 0 Å². The zero-order valence-corrected chi connectivity index (χ0v) is 9.36. The van der Waals surface area contributed by atoms with Crippen LogP contribution in [0.5, 0.6) is 0 Å². The number of halogens is 4. The highest BCUT2D eigenvalue weighted by Gasteiger charge is 2.31. The van der Waals surface area contributed by atoms with Gasteiger partial charge in [-0.1, -0.05) is 23.8 Å². The van der Waals surface area contributed by atoms with Crippen LogP contribution in [0.3, 0.4) is 0 Å². The van der Waals surface area contributed by atoms with Crippen molar-refractivity contribution < 1.29 is 13.2 Å². The monoisotopic (exact) mass is 249 g/mol. The Labute approximate surface area is 96.9 Å². The van der Waals surface area contributed by atoms with Crippen LogP contribution in [0.4, 0.5) is 18.9 Å². The van der Waals surface area contributed by atoms with Crippen LogP contribution in [0, 0.1) is 0 Å². The lowest BCUT2D eigenvalue weighted by Gasteiger charge is -2.10. The molecule has 1 aromatic rings. The number of hydrogen-bond donors (Lipinski definition) is 1. The zero-order valence-electron chi connectivity index (χ0n) is 8.61. The maximum atomic E-state index is 12.4. The molecule has 1 rings (SSSR count). The molecule has 0 saturated carbocycles. The Morgan fingerprint density at radius 3 is 2.56 bits per heavy atom. The van der Waals surface area contributed by atoms with Crippen LogP contribution in [-0.2, 0) is 6.18 Å². The van der Waals surface area contributed by atoms with Crippen molar-refractivity contribution in [1.29, 1.82) is 0 Å². The second-order valence-electron chi connectivity index (χ2n) is 3.18. The van der Waals surface area contributed by atoms with Gasteiger partial charge in [0.15, 0.2) is 0 Å². The van der Waals surface area contributed by atoms with E-state index in [9.17, 15) is 13.2 Å². The highest BCUT2D eigenvalue weighted by atomic mass is 35.5. The molecular weight excluding hydrogens is 239 g/mol. The Hall–Kier alpha value is -1.16. The smallest absolute Gasteiger partial charge is 0.382 e. The molecule has 0 unspecified atom stereocenters. The fourth-order valence-corrected chi connectivity index (χ4v) is 1.39. The molecule has 5 heteroatoms. The molecule has 1 nitrogen and oxygen atoms in total. The van der Waals surface area contributed by atoms with Crippen LogP contribution in [0.2, 0.25) is 5.02 Å². The minimum Gasteiger partial charge on any atom is -0.382 e. The van der Waals surface area contributed by atoms with Gasteiger partial charge in [-0.3, -0.25) is 0 Å². The van der Waals surface area contributed by atoms with Crippen LogP contribution in [0.1, 0.15) is 12.5 Å². The minimum atomic E-state index is -4.37. The van der Waals surface area contributed by atoms with Crippen molar-refractivity contribution in [1.82, 2.24) is 0 Å². The average Bonchev–Trinajstić information content (AvgIpc) is 2.16. The summed E-state index contributed by atoms with van der Waals surface area (Å²) in [7, 11) is 0. The second-order valence-corrected chi connectivity index (χ2v) is 3.61. The predicted octanol–water partition coefficient (Wildman–Crippen LogP) is 4.35. The van der Waals surface area contributed by atoms with Gasteiger partial charge in [-0.2, -0.15) is 13.2 Å². The van der Waals surface area contributed by atoms with Crippen LogP contribution in [0.25, 0.3) is 0 Å². The fraction of sp³-hybridized carbons (Fsp3) is 0.273. The molecule has 0 atom stereocenters. The molecule has 0 aliphatic heterocycles. The summed E-state index contributed by atoms with van der Waals surface area (Å²) in [6.45, 7) is 2.30. The third kappa shape index (κ3) is 3.77. The van der Waals surface area contributed by atoms with E-state index in [-0.39, 0.29) is 5.02 Å². The summed E-state index contributed by atoms with van der Waals surface area (Å²) in [5, 5.41) is 2.90. The molecule has 0 spiro atoms. The van der Waals surface area contributed by atoms with Crippen LogP contribution < -0.4 is 5.32 Å². The van der Waals surface area contributed by atoms with E-state index in [1.807, 2.05) is 13.0 Å².